The molecule has 0 spiro atoms. The maximum Gasteiger partial charge on any atom is 0.130 e. The van der Waals surface area contributed by atoms with Crippen molar-refractivity contribution in [2.45, 2.75) is 0 Å². The van der Waals surface area contributed by atoms with Gasteiger partial charge in [-0.25, -0.2) is 4.98 Å². The fourth-order valence-electron chi connectivity index (χ4n) is 1.26. The van der Waals surface area contributed by atoms with Crippen molar-refractivity contribution in [3.63, 3.8) is 0 Å². The quantitative estimate of drug-likeness (QED) is 0.908. The Morgan fingerprint density at radius 1 is 1.29 bits per heavy atom. The first-order chi connectivity index (χ1) is 8.19. The molecule has 0 saturated carbocycles. The third-order valence-corrected chi connectivity index (χ3v) is 3.32. The van der Waals surface area contributed by atoms with Crippen LogP contribution in [-0.4, -0.2) is 4.98 Å². The Morgan fingerprint density at radius 3 is 2.71 bits per heavy atom. The van der Waals surface area contributed by atoms with Crippen LogP contribution in [0.25, 0.3) is 0 Å². The molecule has 2 aromatic rings. The van der Waals surface area contributed by atoms with Gasteiger partial charge in [-0.05, 0) is 46.3 Å². The highest BCUT2D eigenvalue weighted by molar-refractivity contribution is 9.10. The van der Waals surface area contributed by atoms with Crippen molar-refractivity contribution in [2.75, 3.05) is 5.32 Å². The summed E-state index contributed by atoms with van der Waals surface area (Å²) in [5, 5.41) is 12.4. The van der Waals surface area contributed by atoms with Gasteiger partial charge >= 0.3 is 0 Å². The second kappa shape index (κ2) is 5.17. The van der Waals surface area contributed by atoms with Gasteiger partial charge in [0, 0.05) is 16.4 Å². The van der Waals surface area contributed by atoms with Crippen LogP contribution in [0.15, 0.2) is 41.0 Å². The van der Waals surface area contributed by atoms with Gasteiger partial charge in [-0.2, -0.15) is 5.26 Å². The Morgan fingerprint density at radius 2 is 2.12 bits per heavy atom. The number of nitrogens with zero attached hydrogens (tertiary/aromatic N) is 2. The molecule has 1 heterocycles. The van der Waals surface area contributed by atoms with Crippen LogP contribution < -0.4 is 5.32 Å². The van der Waals surface area contributed by atoms with E-state index in [1.165, 1.54) is 6.20 Å². The van der Waals surface area contributed by atoms with Crippen LogP contribution in [0.2, 0.25) is 5.02 Å². The minimum Gasteiger partial charge on any atom is -0.340 e. The summed E-state index contributed by atoms with van der Waals surface area (Å²) < 4.78 is 0.845. The SMILES string of the molecule is N#Cc1ccc(Nc2ccc(Br)c(Cl)c2)nc1. The van der Waals surface area contributed by atoms with Crippen molar-refractivity contribution in [1.29, 1.82) is 5.26 Å². The van der Waals surface area contributed by atoms with E-state index < -0.39 is 0 Å². The number of aromatic nitrogens is 1. The number of halogens is 2. The largest absolute Gasteiger partial charge is 0.340 e. The first-order valence-corrected chi connectivity index (χ1v) is 5.94. The highest BCUT2D eigenvalue weighted by Gasteiger charge is 2.00. The van der Waals surface area contributed by atoms with Gasteiger partial charge in [0.15, 0.2) is 0 Å². The third-order valence-electron chi connectivity index (χ3n) is 2.08. The molecular formula is C12H7BrClN3. The zero-order valence-electron chi connectivity index (χ0n) is 8.61. The predicted molar refractivity (Wildman–Crippen MR) is 71.4 cm³/mol. The maximum atomic E-state index is 8.65. The van der Waals surface area contributed by atoms with Gasteiger partial charge in [-0.3, -0.25) is 0 Å². The molecule has 0 fully saturated rings. The Bertz CT molecular complexity index is 575. The minimum absolute atomic E-state index is 0.532. The molecule has 2 rings (SSSR count). The zero-order valence-corrected chi connectivity index (χ0v) is 11.0. The van der Waals surface area contributed by atoms with Gasteiger partial charge in [0.05, 0.1) is 10.6 Å². The molecule has 0 radical (unpaired) electrons. The summed E-state index contributed by atoms with van der Waals surface area (Å²) in [7, 11) is 0. The number of rotatable bonds is 2. The summed E-state index contributed by atoms with van der Waals surface area (Å²) in [6.07, 6.45) is 1.52. The van der Waals surface area contributed by atoms with E-state index in [1.54, 1.807) is 18.2 Å². The molecule has 1 aromatic heterocycles. The first-order valence-electron chi connectivity index (χ1n) is 4.77. The van der Waals surface area contributed by atoms with Crippen molar-refractivity contribution in [3.8, 4) is 6.07 Å². The van der Waals surface area contributed by atoms with Crippen molar-refractivity contribution < 1.29 is 0 Å². The molecule has 0 atom stereocenters. The number of benzene rings is 1. The van der Waals surface area contributed by atoms with Crippen LogP contribution in [0.1, 0.15) is 5.56 Å². The zero-order chi connectivity index (χ0) is 12.3. The molecule has 0 saturated heterocycles. The first kappa shape index (κ1) is 11.9. The highest BCUT2D eigenvalue weighted by Crippen LogP contribution is 2.26. The van der Waals surface area contributed by atoms with Crippen LogP contribution in [0.5, 0.6) is 0 Å². The summed E-state index contributed by atoms with van der Waals surface area (Å²) in [5.41, 5.74) is 1.37. The number of anilines is 2. The number of nitriles is 1. The van der Waals surface area contributed by atoms with Crippen LogP contribution in [0.3, 0.4) is 0 Å². The van der Waals surface area contributed by atoms with E-state index in [0.717, 1.165) is 10.2 Å². The predicted octanol–water partition coefficient (Wildman–Crippen LogP) is 4.11. The molecule has 3 nitrogen and oxygen atoms in total. The Hall–Kier alpha value is -1.57. The molecule has 0 aliphatic carbocycles. The number of pyridine rings is 1. The molecule has 1 aromatic carbocycles. The molecule has 0 unspecified atom stereocenters. The van der Waals surface area contributed by atoms with Gasteiger partial charge in [0.25, 0.3) is 0 Å². The van der Waals surface area contributed by atoms with E-state index in [4.69, 9.17) is 16.9 Å². The highest BCUT2D eigenvalue weighted by atomic mass is 79.9. The molecule has 0 aliphatic heterocycles. The summed E-state index contributed by atoms with van der Waals surface area (Å²) in [4.78, 5) is 4.11. The molecule has 0 bridgehead atoms. The fraction of sp³-hybridized carbons (Fsp3) is 0. The summed E-state index contributed by atoms with van der Waals surface area (Å²) in [6, 6.07) is 11.0. The van der Waals surface area contributed by atoms with Crippen molar-refractivity contribution in [1.82, 2.24) is 4.98 Å². The van der Waals surface area contributed by atoms with Crippen molar-refractivity contribution in [3.05, 3.63) is 51.6 Å². The standard InChI is InChI=1S/C12H7BrClN3/c13-10-3-2-9(5-11(10)14)17-12-4-1-8(6-15)7-16-12/h1-5,7H,(H,16,17). The van der Waals surface area contributed by atoms with Crippen LogP contribution in [0, 0.1) is 11.3 Å². The fourth-order valence-corrected chi connectivity index (χ4v) is 1.68. The van der Waals surface area contributed by atoms with E-state index in [0.29, 0.717) is 16.4 Å². The second-order valence-corrected chi connectivity index (χ2v) is 4.56. The van der Waals surface area contributed by atoms with Gasteiger partial charge in [-0.15, -0.1) is 0 Å². The average molecular weight is 309 g/mol. The lowest BCUT2D eigenvalue weighted by atomic mass is 10.3. The molecule has 17 heavy (non-hydrogen) atoms. The van der Waals surface area contributed by atoms with E-state index in [-0.39, 0.29) is 0 Å². The monoisotopic (exact) mass is 307 g/mol. The Kier molecular flexibility index (Phi) is 3.62. The average Bonchev–Trinajstić information content (AvgIpc) is 2.35. The topological polar surface area (TPSA) is 48.7 Å². The maximum absolute atomic E-state index is 8.65. The van der Waals surface area contributed by atoms with E-state index in [2.05, 4.69) is 26.2 Å². The molecule has 0 amide bonds. The number of hydrogen-bond donors (Lipinski definition) is 1. The summed E-state index contributed by atoms with van der Waals surface area (Å²) >= 11 is 9.30. The number of hydrogen-bond acceptors (Lipinski definition) is 3. The second-order valence-electron chi connectivity index (χ2n) is 3.30. The molecule has 5 heteroatoms. The van der Waals surface area contributed by atoms with Gasteiger partial charge in [0.1, 0.15) is 11.9 Å². The Balaban J connectivity index is 2.20. The lowest BCUT2D eigenvalue weighted by Gasteiger charge is -2.06. The van der Waals surface area contributed by atoms with Gasteiger partial charge < -0.3 is 5.32 Å². The van der Waals surface area contributed by atoms with Gasteiger partial charge in [-0.1, -0.05) is 11.6 Å². The Labute approximate surface area is 112 Å². The van der Waals surface area contributed by atoms with Crippen LogP contribution in [0.4, 0.5) is 11.5 Å². The van der Waals surface area contributed by atoms with E-state index in [9.17, 15) is 0 Å². The normalized spacial score (nSPS) is 9.71. The third kappa shape index (κ3) is 2.96. The minimum atomic E-state index is 0.532. The molecule has 84 valence electrons. The van der Waals surface area contributed by atoms with E-state index >= 15 is 0 Å². The number of nitrogens with one attached hydrogen (secondary N) is 1. The van der Waals surface area contributed by atoms with Crippen molar-refractivity contribution >= 4 is 39.0 Å². The lowest BCUT2D eigenvalue weighted by Crippen LogP contribution is -1.93. The summed E-state index contributed by atoms with van der Waals surface area (Å²) in [6.45, 7) is 0. The summed E-state index contributed by atoms with van der Waals surface area (Å²) in [5.74, 6) is 0.669. The van der Waals surface area contributed by atoms with E-state index in [1.807, 2.05) is 18.2 Å². The molecule has 1 N–H and O–H groups in total. The smallest absolute Gasteiger partial charge is 0.130 e. The molecule has 0 aliphatic rings. The van der Waals surface area contributed by atoms with Crippen molar-refractivity contribution in [2.24, 2.45) is 0 Å². The van der Waals surface area contributed by atoms with Gasteiger partial charge in [0.2, 0.25) is 0 Å². The van der Waals surface area contributed by atoms with Crippen LogP contribution in [-0.2, 0) is 0 Å². The molecular weight excluding hydrogens is 302 g/mol. The van der Waals surface area contributed by atoms with Crippen LogP contribution >= 0.6 is 27.5 Å². The lowest BCUT2D eigenvalue weighted by molar-refractivity contribution is 1.29.